The number of nitrogens with zero attached hydrogens (tertiary/aromatic N) is 2. The number of nitro groups is 1. The van der Waals surface area contributed by atoms with Gasteiger partial charge in [-0.1, -0.05) is 5.92 Å². The quantitative estimate of drug-likeness (QED) is 0.487. The second-order valence-corrected chi connectivity index (χ2v) is 3.48. The molecule has 0 aromatic heterocycles. The highest BCUT2D eigenvalue weighted by molar-refractivity contribution is 5.95. The number of aromatic carboxylic acids is 1. The summed E-state index contributed by atoms with van der Waals surface area (Å²) in [6.07, 6.45) is 5.20. The van der Waals surface area contributed by atoms with Crippen LogP contribution in [-0.4, -0.2) is 29.1 Å². The van der Waals surface area contributed by atoms with Crippen LogP contribution in [0.3, 0.4) is 0 Å². The highest BCUT2D eigenvalue weighted by Gasteiger charge is 2.18. The number of nitro benzene ring substituents is 1. The Morgan fingerprint density at radius 2 is 2.28 bits per heavy atom. The van der Waals surface area contributed by atoms with Crippen molar-refractivity contribution in [3.8, 4) is 12.3 Å². The summed E-state index contributed by atoms with van der Waals surface area (Å²) in [6.45, 7) is 2.58. The molecule has 0 aliphatic carbocycles. The van der Waals surface area contributed by atoms with E-state index in [1.54, 1.807) is 4.90 Å². The van der Waals surface area contributed by atoms with Gasteiger partial charge in [0.15, 0.2) is 0 Å². The van der Waals surface area contributed by atoms with Crippen molar-refractivity contribution < 1.29 is 14.8 Å². The molecular weight excluding hydrogens is 236 g/mol. The maximum atomic E-state index is 11.1. The fourth-order valence-electron chi connectivity index (χ4n) is 1.56. The molecule has 0 spiro atoms. The predicted octanol–water partition coefficient (Wildman–Crippen LogP) is 1.75. The largest absolute Gasteiger partial charge is 0.478 e. The molecule has 0 heterocycles. The number of carboxylic acid groups (broad SMARTS) is 1. The van der Waals surface area contributed by atoms with E-state index in [-0.39, 0.29) is 17.8 Å². The average Bonchev–Trinajstić information content (AvgIpc) is 2.35. The van der Waals surface area contributed by atoms with Crippen LogP contribution in [0.4, 0.5) is 11.4 Å². The lowest BCUT2D eigenvalue weighted by molar-refractivity contribution is -0.384. The van der Waals surface area contributed by atoms with Crippen LogP contribution in [0.15, 0.2) is 18.2 Å². The first-order valence-corrected chi connectivity index (χ1v) is 5.21. The summed E-state index contributed by atoms with van der Waals surface area (Å²) in [5.74, 6) is 1.20. The van der Waals surface area contributed by atoms with Crippen LogP contribution in [0, 0.1) is 22.5 Å². The van der Waals surface area contributed by atoms with E-state index in [0.717, 1.165) is 6.07 Å². The number of hydrogen-bond donors (Lipinski definition) is 1. The molecule has 0 aliphatic heterocycles. The van der Waals surface area contributed by atoms with Crippen molar-refractivity contribution in [2.75, 3.05) is 18.0 Å². The Hall–Kier alpha value is -2.55. The van der Waals surface area contributed by atoms with Gasteiger partial charge in [0.25, 0.3) is 5.69 Å². The number of rotatable bonds is 5. The number of anilines is 1. The number of benzene rings is 1. The summed E-state index contributed by atoms with van der Waals surface area (Å²) in [5, 5.41) is 19.7. The van der Waals surface area contributed by atoms with Crippen LogP contribution < -0.4 is 4.90 Å². The molecule has 1 rings (SSSR count). The van der Waals surface area contributed by atoms with E-state index in [4.69, 9.17) is 11.5 Å². The zero-order valence-electron chi connectivity index (χ0n) is 9.79. The molecule has 0 bridgehead atoms. The molecule has 1 aromatic rings. The fraction of sp³-hybridized carbons (Fsp3) is 0.250. The highest BCUT2D eigenvalue weighted by Crippen LogP contribution is 2.25. The topological polar surface area (TPSA) is 83.7 Å². The lowest BCUT2D eigenvalue weighted by atomic mass is 10.1. The van der Waals surface area contributed by atoms with Crippen LogP contribution >= 0.6 is 0 Å². The smallest absolute Gasteiger partial charge is 0.338 e. The number of hydrogen-bond acceptors (Lipinski definition) is 4. The summed E-state index contributed by atoms with van der Waals surface area (Å²) < 4.78 is 0. The maximum Gasteiger partial charge on any atom is 0.338 e. The van der Waals surface area contributed by atoms with Crippen LogP contribution in [0.25, 0.3) is 0 Å². The van der Waals surface area contributed by atoms with Gasteiger partial charge < -0.3 is 10.0 Å². The molecule has 0 aliphatic rings. The molecule has 0 saturated heterocycles. The van der Waals surface area contributed by atoms with Gasteiger partial charge in [-0.15, -0.1) is 6.42 Å². The molecule has 0 fully saturated rings. The van der Waals surface area contributed by atoms with Gasteiger partial charge in [0.05, 0.1) is 22.7 Å². The normalized spacial score (nSPS) is 9.56. The fourth-order valence-corrected chi connectivity index (χ4v) is 1.56. The van der Waals surface area contributed by atoms with E-state index in [9.17, 15) is 14.9 Å². The molecule has 0 atom stereocenters. The lowest BCUT2D eigenvalue weighted by Gasteiger charge is -2.21. The molecule has 0 radical (unpaired) electrons. The Labute approximate surface area is 104 Å². The molecule has 94 valence electrons. The first kappa shape index (κ1) is 13.5. The Kier molecular flexibility index (Phi) is 4.27. The number of carbonyl (C=O) groups is 1. The second kappa shape index (κ2) is 5.68. The van der Waals surface area contributed by atoms with Gasteiger partial charge in [-0.2, -0.15) is 0 Å². The van der Waals surface area contributed by atoms with Gasteiger partial charge in [-0.3, -0.25) is 10.1 Å². The van der Waals surface area contributed by atoms with Gasteiger partial charge in [0.2, 0.25) is 0 Å². The molecule has 0 amide bonds. The molecule has 0 unspecified atom stereocenters. The summed E-state index contributed by atoms with van der Waals surface area (Å²) in [4.78, 5) is 22.8. The van der Waals surface area contributed by atoms with Crippen molar-refractivity contribution in [3.05, 3.63) is 33.9 Å². The van der Waals surface area contributed by atoms with Crippen LogP contribution in [-0.2, 0) is 0 Å². The standard InChI is InChI=1S/C12H12N2O4/c1-3-7-13(4-2)11-6-5-9(14(17)18)8-10(11)12(15)16/h1,5-6,8H,4,7H2,2H3,(H,15,16). The molecular formula is C12H12N2O4. The Bertz CT molecular complexity index is 519. The Balaban J connectivity index is 3.31. The number of terminal acetylenes is 1. The van der Waals surface area contributed by atoms with Crippen LogP contribution in [0.2, 0.25) is 0 Å². The van der Waals surface area contributed by atoms with Crippen molar-refractivity contribution in [2.24, 2.45) is 0 Å². The molecule has 0 saturated carbocycles. The van der Waals surface area contributed by atoms with Gasteiger partial charge in [-0.25, -0.2) is 4.79 Å². The first-order valence-electron chi connectivity index (χ1n) is 5.21. The highest BCUT2D eigenvalue weighted by atomic mass is 16.6. The van der Waals surface area contributed by atoms with E-state index in [1.165, 1.54) is 12.1 Å². The monoisotopic (exact) mass is 248 g/mol. The minimum Gasteiger partial charge on any atom is -0.478 e. The van der Waals surface area contributed by atoms with E-state index in [2.05, 4.69) is 5.92 Å². The third-order valence-corrected chi connectivity index (χ3v) is 2.43. The summed E-state index contributed by atoms with van der Waals surface area (Å²) >= 11 is 0. The second-order valence-electron chi connectivity index (χ2n) is 3.48. The van der Waals surface area contributed by atoms with E-state index in [1.807, 2.05) is 6.92 Å². The van der Waals surface area contributed by atoms with Crippen LogP contribution in [0.1, 0.15) is 17.3 Å². The predicted molar refractivity (Wildman–Crippen MR) is 66.8 cm³/mol. The van der Waals surface area contributed by atoms with Crippen molar-refractivity contribution in [2.45, 2.75) is 6.92 Å². The zero-order valence-corrected chi connectivity index (χ0v) is 9.79. The van der Waals surface area contributed by atoms with Crippen molar-refractivity contribution >= 4 is 17.3 Å². The molecule has 1 N–H and O–H groups in total. The van der Waals surface area contributed by atoms with Crippen molar-refractivity contribution in [3.63, 3.8) is 0 Å². The third kappa shape index (κ3) is 2.77. The molecule has 1 aromatic carbocycles. The Morgan fingerprint density at radius 1 is 1.61 bits per heavy atom. The van der Waals surface area contributed by atoms with Gasteiger partial charge >= 0.3 is 5.97 Å². The van der Waals surface area contributed by atoms with E-state index in [0.29, 0.717) is 12.2 Å². The lowest BCUT2D eigenvalue weighted by Crippen LogP contribution is -2.25. The summed E-state index contributed by atoms with van der Waals surface area (Å²) in [6, 6.07) is 3.71. The van der Waals surface area contributed by atoms with Gasteiger partial charge in [0.1, 0.15) is 0 Å². The Morgan fingerprint density at radius 3 is 2.72 bits per heavy atom. The minimum atomic E-state index is -1.22. The first-order chi connectivity index (χ1) is 8.51. The summed E-state index contributed by atoms with van der Waals surface area (Å²) in [7, 11) is 0. The van der Waals surface area contributed by atoms with Gasteiger partial charge in [0, 0.05) is 18.7 Å². The summed E-state index contributed by atoms with van der Waals surface area (Å²) in [5.41, 5.74) is 0.00256. The molecule has 18 heavy (non-hydrogen) atoms. The van der Waals surface area contributed by atoms with Gasteiger partial charge in [-0.05, 0) is 13.0 Å². The minimum absolute atomic E-state index is 0.124. The van der Waals surface area contributed by atoms with Crippen molar-refractivity contribution in [1.82, 2.24) is 0 Å². The van der Waals surface area contributed by atoms with Crippen LogP contribution in [0.5, 0.6) is 0 Å². The number of carboxylic acids is 1. The average molecular weight is 248 g/mol. The SMILES string of the molecule is C#CCN(CC)c1ccc([N+](=O)[O-])cc1C(=O)O. The third-order valence-electron chi connectivity index (χ3n) is 2.43. The van der Waals surface area contributed by atoms with Crippen molar-refractivity contribution in [1.29, 1.82) is 0 Å². The molecule has 6 nitrogen and oxygen atoms in total. The molecule has 6 heteroatoms. The van der Waals surface area contributed by atoms with E-state index >= 15 is 0 Å². The number of non-ortho nitro benzene ring substituents is 1. The zero-order chi connectivity index (χ0) is 13.7. The van der Waals surface area contributed by atoms with E-state index < -0.39 is 10.9 Å². The maximum absolute atomic E-state index is 11.1.